The van der Waals surface area contributed by atoms with Gasteiger partial charge >= 0.3 is 11.9 Å². The van der Waals surface area contributed by atoms with Crippen molar-refractivity contribution in [3.8, 4) is 11.5 Å². The zero-order chi connectivity index (χ0) is 26.4. The van der Waals surface area contributed by atoms with Crippen LogP contribution in [0.25, 0.3) is 0 Å². The number of nitrogens with two attached hydrogens (primary N) is 1. The van der Waals surface area contributed by atoms with Crippen molar-refractivity contribution in [1.29, 1.82) is 0 Å². The molecule has 0 fully saturated rings. The highest BCUT2D eigenvalue weighted by Crippen LogP contribution is 2.39. The third-order valence-electron chi connectivity index (χ3n) is 5.30. The number of phenols is 2. The van der Waals surface area contributed by atoms with Gasteiger partial charge in [0.1, 0.15) is 12.3 Å². The van der Waals surface area contributed by atoms with Gasteiger partial charge in [-0.1, -0.05) is 65.8 Å². The maximum atomic E-state index is 13.8. The highest BCUT2D eigenvalue weighted by molar-refractivity contribution is 7.13. The number of thiazole rings is 1. The van der Waals surface area contributed by atoms with E-state index in [1.165, 1.54) is 17.5 Å². The van der Waals surface area contributed by atoms with Gasteiger partial charge in [-0.3, -0.25) is 0 Å². The van der Waals surface area contributed by atoms with Crippen LogP contribution >= 0.6 is 11.3 Å². The smallest absolute Gasteiger partial charge is 0.363 e. The number of rotatable bonds is 9. The molecule has 0 bridgehead atoms. The summed E-state index contributed by atoms with van der Waals surface area (Å²) in [5, 5.41) is 35.2. The molecule has 1 heterocycles. The van der Waals surface area contributed by atoms with Crippen LogP contribution in [0, 0.1) is 0 Å². The number of carbonyl (C=O) groups excluding carboxylic acids is 1. The summed E-state index contributed by atoms with van der Waals surface area (Å²) in [5.74, 6) is -3.39. The Balaban J connectivity index is 1.87. The van der Waals surface area contributed by atoms with Crippen LogP contribution in [0.3, 0.4) is 0 Å². The number of oxime groups is 1. The molecule has 0 radical (unpaired) electrons. The number of phenolic OH excluding ortho intramolecular Hbond substituents is 2. The summed E-state index contributed by atoms with van der Waals surface area (Å²) in [7, 11) is 0. The SMILES string of the molecule is Nc1nc(C(=NOC(C(=O)OCc2ccccc2)(c2ccccc2)c2ccc(O)c(O)c2)C(=O)O)cs1. The van der Waals surface area contributed by atoms with Gasteiger partial charge in [-0.25, -0.2) is 14.6 Å². The molecule has 1 unspecified atom stereocenters. The normalized spacial score (nSPS) is 12.9. The van der Waals surface area contributed by atoms with Gasteiger partial charge < -0.3 is 30.6 Å². The molecule has 0 aliphatic heterocycles. The van der Waals surface area contributed by atoms with Crippen LogP contribution in [-0.2, 0) is 31.4 Å². The van der Waals surface area contributed by atoms with Crippen molar-refractivity contribution in [2.75, 3.05) is 5.73 Å². The van der Waals surface area contributed by atoms with E-state index in [1.54, 1.807) is 54.6 Å². The van der Waals surface area contributed by atoms with Gasteiger partial charge in [0.25, 0.3) is 5.60 Å². The van der Waals surface area contributed by atoms with Crippen LogP contribution in [0.2, 0.25) is 0 Å². The van der Waals surface area contributed by atoms with Gasteiger partial charge in [0.05, 0.1) is 0 Å². The number of hydrogen-bond donors (Lipinski definition) is 4. The number of esters is 1. The number of aromatic hydroxyl groups is 2. The van der Waals surface area contributed by atoms with Crippen molar-refractivity contribution in [3.63, 3.8) is 0 Å². The third-order valence-corrected chi connectivity index (χ3v) is 5.98. The molecule has 0 saturated heterocycles. The molecule has 5 N–H and O–H groups in total. The second-order valence-electron chi connectivity index (χ2n) is 7.72. The number of nitrogens with zero attached hydrogens (tertiary/aromatic N) is 2. The number of aliphatic carboxylic acids is 1. The molecule has 188 valence electrons. The van der Waals surface area contributed by atoms with Gasteiger partial charge in [0.2, 0.25) is 5.71 Å². The minimum absolute atomic E-state index is 0.0262. The van der Waals surface area contributed by atoms with E-state index < -0.39 is 34.8 Å². The van der Waals surface area contributed by atoms with Crippen LogP contribution in [-0.4, -0.2) is 38.0 Å². The highest BCUT2D eigenvalue weighted by atomic mass is 32.1. The predicted molar refractivity (Wildman–Crippen MR) is 135 cm³/mol. The topological polar surface area (TPSA) is 165 Å². The first-order chi connectivity index (χ1) is 17.8. The zero-order valence-corrected chi connectivity index (χ0v) is 20.0. The lowest BCUT2D eigenvalue weighted by Gasteiger charge is -2.30. The number of ether oxygens (including phenoxy) is 1. The molecule has 4 aromatic rings. The molecule has 1 aromatic heterocycles. The van der Waals surface area contributed by atoms with E-state index in [2.05, 4.69) is 10.1 Å². The number of nitrogen functional groups attached to an aromatic ring is 1. The summed E-state index contributed by atoms with van der Waals surface area (Å²) in [4.78, 5) is 35.6. The number of benzene rings is 3. The number of carbonyl (C=O) groups is 2. The Kier molecular flexibility index (Phi) is 7.35. The Morgan fingerprint density at radius 3 is 2.22 bits per heavy atom. The minimum atomic E-state index is -2.18. The fourth-order valence-corrected chi connectivity index (χ4v) is 4.04. The summed E-state index contributed by atoms with van der Waals surface area (Å²) in [6.45, 7) is -0.125. The minimum Gasteiger partial charge on any atom is -0.504 e. The first-order valence-electron chi connectivity index (χ1n) is 10.8. The molecule has 37 heavy (non-hydrogen) atoms. The number of hydrogen-bond acceptors (Lipinski definition) is 10. The first kappa shape index (κ1) is 25.2. The Morgan fingerprint density at radius 2 is 1.62 bits per heavy atom. The molecule has 10 nitrogen and oxygen atoms in total. The van der Waals surface area contributed by atoms with Crippen LogP contribution in [0.15, 0.2) is 89.4 Å². The fourth-order valence-electron chi connectivity index (χ4n) is 3.49. The second-order valence-corrected chi connectivity index (χ2v) is 8.61. The summed E-state index contributed by atoms with van der Waals surface area (Å²) in [5.41, 5.74) is 3.75. The van der Waals surface area contributed by atoms with Crippen molar-refractivity contribution in [2.45, 2.75) is 12.2 Å². The van der Waals surface area contributed by atoms with E-state index in [9.17, 15) is 24.9 Å². The molecule has 0 saturated carbocycles. The average Bonchev–Trinajstić information content (AvgIpc) is 3.33. The Bertz CT molecular complexity index is 1440. The van der Waals surface area contributed by atoms with Gasteiger partial charge in [-0.15, -0.1) is 11.3 Å². The predicted octanol–water partition coefficient (Wildman–Crippen LogP) is 3.63. The zero-order valence-electron chi connectivity index (χ0n) is 19.1. The lowest BCUT2D eigenvalue weighted by atomic mass is 9.86. The lowest BCUT2D eigenvalue weighted by Crippen LogP contribution is -2.41. The lowest BCUT2D eigenvalue weighted by molar-refractivity contribution is -0.170. The summed E-state index contributed by atoms with van der Waals surface area (Å²) in [6.07, 6.45) is 0. The van der Waals surface area contributed by atoms with E-state index >= 15 is 0 Å². The van der Waals surface area contributed by atoms with E-state index in [4.69, 9.17) is 15.3 Å². The summed E-state index contributed by atoms with van der Waals surface area (Å²) in [6, 6.07) is 20.6. The van der Waals surface area contributed by atoms with E-state index in [0.717, 1.165) is 17.4 Å². The molecule has 0 aliphatic rings. The highest BCUT2D eigenvalue weighted by Gasteiger charge is 2.48. The van der Waals surface area contributed by atoms with E-state index in [0.29, 0.717) is 5.56 Å². The Hall–Kier alpha value is -4.90. The largest absolute Gasteiger partial charge is 0.504 e. The van der Waals surface area contributed by atoms with Crippen LogP contribution < -0.4 is 5.73 Å². The van der Waals surface area contributed by atoms with E-state index in [-0.39, 0.29) is 28.6 Å². The van der Waals surface area contributed by atoms with Gasteiger partial charge in [-0.05, 0) is 23.8 Å². The Morgan fingerprint density at radius 1 is 0.946 bits per heavy atom. The number of carboxylic acid groups (broad SMARTS) is 1. The van der Waals surface area contributed by atoms with Crippen LogP contribution in [0.5, 0.6) is 11.5 Å². The molecule has 4 rings (SSSR count). The molecule has 0 amide bonds. The number of anilines is 1. The fraction of sp³-hybridized carbons (Fsp3) is 0.0769. The molecule has 0 spiro atoms. The molecule has 1 atom stereocenters. The average molecular weight is 520 g/mol. The monoisotopic (exact) mass is 519 g/mol. The van der Waals surface area contributed by atoms with Crippen LogP contribution in [0.4, 0.5) is 5.13 Å². The first-order valence-corrected chi connectivity index (χ1v) is 11.7. The number of aromatic nitrogens is 1. The number of carboxylic acids is 1. The van der Waals surface area contributed by atoms with Crippen molar-refractivity contribution >= 4 is 34.1 Å². The van der Waals surface area contributed by atoms with Crippen molar-refractivity contribution < 1.29 is 34.5 Å². The molecular weight excluding hydrogens is 498 g/mol. The second kappa shape index (κ2) is 10.8. The van der Waals surface area contributed by atoms with Crippen molar-refractivity contribution in [3.05, 3.63) is 107 Å². The third kappa shape index (κ3) is 5.36. The summed E-state index contributed by atoms with van der Waals surface area (Å²) < 4.78 is 5.62. The maximum absolute atomic E-state index is 13.8. The van der Waals surface area contributed by atoms with Gasteiger partial charge in [0, 0.05) is 16.5 Å². The Labute approximate surface area is 214 Å². The summed E-state index contributed by atoms with van der Waals surface area (Å²) >= 11 is 1.01. The molecular formula is C26H21N3O7S. The molecule has 11 heteroatoms. The maximum Gasteiger partial charge on any atom is 0.363 e. The van der Waals surface area contributed by atoms with Gasteiger partial charge in [0.15, 0.2) is 16.6 Å². The quantitative estimate of drug-likeness (QED) is 0.112. The van der Waals surface area contributed by atoms with Gasteiger partial charge in [-0.2, -0.15) is 0 Å². The van der Waals surface area contributed by atoms with Crippen LogP contribution in [0.1, 0.15) is 22.4 Å². The van der Waals surface area contributed by atoms with Crippen molar-refractivity contribution in [1.82, 2.24) is 4.98 Å². The standard InChI is InChI=1S/C26H21N3O7S/c27-25-28-19(15-37-25)22(23(32)33)29-36-26(17-9-5-2-6-10-17,18-11-12-20(30)21(31)13-18)24(34)35-14-16-7-3-1-4-8-16/h1-13,15,30-31H,14H2,(H2,27,28)(H,32,33). The van der Waals surface area contributed by atoms with E-state index in [1.807, 2.05) is 6.07 Å². The molecule has 3 aromatic carbocycles. The van der Waals surface area contributed by atoms with Crippen molar-refractivity contribution in [2.24, 2.45) is 5.16 Å². The molecule has 0 aliphatic carbocycles.